The van der Waals surface area contributed by atoms with Crippen LogP contribution in [0.25, 0.3) is 0 Å². The van der Waals surface area contributed by atoms with Crippen LogP contribution in [-0.4, -0.2) is 12.6 Å². The Morgan fingerprint density at radius 1 is 1.38 bits per heavy atom. The van der Waals surface area contributed by atoms with Crippen molar-refractivity contribution < 1.29 is 0 Å². The molecule has 0 unspecified atom stereocenters. The molecule has 1 N–H and O–H groups in total. The molecule has 0 spiro atoms. The average molecular weight is 205 g/mol. The van der Waals surface area contributed by atoms with Crippen LogP contribution in [-0.2, 0) is 0 Å². The number of hydrogen-bond donors (Lipinski definition) is 1. The fourth-order valence-corrected chi connectivity index (χ4v) is 1.18. The van der Waals surface area contributed by atoms with Crippen LogP contribution in [0.3, 0.4) is 0 Å². The molecule has 0 aromatic rings. The monoisotopic (exact) mass is 204 g/mol. The van der Waals surface area contributed by atoms with Crippen LogP contribution < -0.4 is 5.32 Å². The van der Waals surface area contributed by atoms with Gasteiger partial charge >= 0.3 is 0 Å². The highest BCUT2D eigenvalue weighted by molar-refractivity contribution is 5.85. The summed E-state index contributed by atoms with van der Waals surface area (Å²) in [6.07, 6.45) is 5.77. The average Bonchev–Trinajstić information content (AvgIpc) is 2.06. The van der Waals surface area contributed by atoms with Gasteiger partial charge in [-0.1, -0.05) is 26.2 Å². The fraction of sp³-hybridized carbons (Fsp3) is 0.900. The second-order valence-corrected chi connectivity index (χ2v) is 3.26. The number of nitrogens with zero attached hydrogens (tertiary/aromatic N) is 1. The molecule has 0 bridgehead atoms. The lowest BCUT2D eigenvalue weighted by Crippen LogP contribution is -2.26. The summed E-state index contributed by atoms with van der Waals surface area (Å²) in [5.41, 5.74) is 0. The van der Waals surface area contributed by atoms with E-state index < -0.39 is 0 Å². The summed E-state index contributed by atoms with van der Waals surface area (Å²) in [5, 5.41) is 11.6. The first-order chi connectivity index (χ1) is 5.81. The summed E-state index contributed by atoms with van der Waals surface area (Å²) >= 11 is 0. The molecule has 78 valence electrons. The molecule has 1 atom stereocenters. The summed E-state index contributed by atoms with van der Waals surface area (Å²) in [7, 11) is 0. The molecule has 13 heavy (non-hydrogen) atoms. The van der Waals surface area contributed by atoms with Crippen LogP contribution in [0.2, 0.25) is 0 Å². The maximum atomic E-state index is 8.30. The Labute approximate surface area is 88.1 Å². The van der Waals surface area contributed by atoms with E-state index in [9.17, 15) is 0 Å². The van der Waals surface area contributed by atoms with E-state index >= 15 is 0 Å². The lowest BCUT2D eigenvalue weighted by molar-refractivity contribution is 0.493. The van der Waals surface area contributed by atoms with Gasteiger partial charge in [-0.05, 0) is 13.3 Å². The topological polar surface area (TPSA) is 35.8 Å². The largest absolute Gasteiger partial charge is 0.313 e. The van der Waals surface area contributed by atoms with Gasteiger partial charge in [0.15, 0.2) is 0 Å². The van der Waals surface area contributed by atoms with Crippen LogP contribution in [0.5, 0.6) is 0 Å². The van der Waals surface area contributed by atoms with Crippen molar-refractivity contribution in [3.8, 4) is 6.07 Å². The van der Waals surface area contributed by atoms with Crippen LogP contribution >= 0.6 is 12.4 Å². The van der Waals surface area contributed by atoms with E-state index in [1.165, 1.54) is 25.7 Å². The molecule has 0 aliphatic rings. The van der Waals surface area contributed by atoms with Gasteiger partial charge in [-0.2, -0.15) is 5.26 Å². The molecule has 0 rings (SSSR count). The summed E-state index contributed by atoms with van der Waals surface area (Å²) in [6.45, 7) is 5.24. The molecule has 0 radical (unpaired) electrons. The van der Waals surface area contributed by atoms with E-state index in [-0.39, 0.29) is 12.4 Å². The molecule has 0 aromatic carbocycles. The van der Waals surface area contributed by atoms with Crippen molar-refractivity contribution in [1.29, 1.82) is 5.26 Å². The number of nitriles is 1. The third-order valence-electron chi connectivity index (χ3n) is 1.97. The van der Waals surface area contributed by atoms with Gasteiger partial charge in [-0.15, -0.1) is 12.4 Å². The minimum atomic E-state index is 0. The van der Waals surface area contributed by atoms with Crippen molar-refractivity contribution in [2.75, 3.05) is 6.54 Å². The van der Waals surface area contributed by atoms with Crippen molar-refractivity contribution in [3.63, 3.8) is 0 Å². The first kappa shape index (κ1) is 15.2. The number of nitrogens with one attached hydrogen (secondary N) is 1. The van der Waals surface area contributed by atoms with Crippen molar-refractivity contribution in [2.24, 2.45) is 0 Å². The maximum Gasteiger partial charge on any atom is 0.0635 e. The normalized spacial score (nSPS) is 11.5. The first-order valence-corrected chi connectivity index (χ1v) is 4.91. The quantitative estimate of drug-likeness (QED) is 0.648. The van der Waals surface area contributed by atoms with Crippen LogP contribution in [0.4, 0.5) is 0 Å². The number of unbranched alkanes of at least 4 members (excludes halogenated alkanes) is 2. The van der Waals surface area contributed by atoms with Gasteiger partial charge in [0.2, 0.25) is 0 Å². The molecule has 0 amide bonds. The second-order valence-electron chi connectivity index (χ2n) is 3.26. The Morgan fingerprint density at radius 3 is 2.62 bits per heavy atom. The lowest BCUT2D eigenvalue weighted by Gasteiger charge is -2.11. The van der Waals surface area contributed by atoms with Gasteiger partial charge in [0.1, 0.15) is 0 Å². The van der Waals surface area contributed by atoms with Crippen LogP contribution in [0.15, 0.2) is 0 Å². The van der Waals surface area contributed by atoms with E-state index in [1.54, 1.807) is 0 Å². The molecular weight excluding hydrogens is 184 g/mol. The van der Waals surface area contributed by atoms with E-state index in [1.807, 2.05) is 0 Å². The van der Waals surface area contributed by atoms with Crippen molar-refractivity contribution in [3.05, 3.63) is 0 Å². The molecular formula is C10H21ClN2. The Balaban J connectivity index is 0. The lowest BCUT2D eigenvalue weighted by atomic mass is 10.1. The van der Waals surface area contributed by atoms with E-state index in [4.69, 9.17) is 5.26 Å². The Hall–Kier alpha value is -0.260. The van der Waals surface area contributed by atoms with Crippen molar-refractivity contribution in [1.82, 2.24) is 5.32 Å². The molecule has 0 aromatic heterocycles. The van der Waals surface area contributed by atoms with Crippen LogP contribution in [0.1, 0.15) is 46.0 Å². The second kappa shape index (κ2) is 11.7. The number of halogens is 1. The third kappa shape index (κ3) is 11.7. The predicted molar refractivity (Wildman–Crippen MR) is 59.1 cm³/mol. The molecule has 0 aliphatic carbocycles. The number of hydrogen-bond acceptors (Lipinski definition) is 2. The summed E-state index contributed by atoms with van der Waals surface area (Å²) in [5.74, 6) is 0. The summed E-state index contributed by atoms with van der Waals surface area (Å²) in [4.78, 5) is 0. The van der Waals surface area contributed by atoms with E-state index in [0.29, 0.717) is 12.5 Å². The zero-order valence-corrected chi connectivity index (χ0v) is 9.49. The van der Waals surface area contributed by atoms with E-state index in [0.717, 1.165) is 6.54 Å². The molecule has 0 fully saturated rings. The third-order valence-corrected chi connectivity index (χ3v) is 1.97. The smallest absolute Gasteiger partial charge is 0.0635 e. The van der Waals surface area contributed by atoms with Gasteiger partial charge in [-0.3, -0.25) is 0 Å². The maximum absolute atomic E-state index is 8.30. The first-order valence-electron chi connectivity index (χ1n) is 4.91. The van der Waals surface area contributed by atoms with Gasteiger partial charge < -0.3 is 5.32 Å². The molecule has 0 aliphatic heterocycles. The van der Waals surface area contributed by atoms with Crippen molar-refractivity contribution >= 4 is 12.4 Å². The molecule has 3 heteroatoms. The van der Waals surface area contributed by atoms with Crippen LogP contribution in [0, 0.1) is 11.3 Å². The van der Waals surface area contributed by atoms with Gasteiger partial charge in [0, 0.05) is 19.0 Å². The Kier molecular flexibility index (Phi) is 13.7. The molecule has 0 saturated heterocycles. The Bertz CT molecular complexity index is 131. The molecule has 0 heterocycles. The molecule has 0 saturated carbocycles. The summed E-state index contributed by atoms with van der Waals surface area (Å²) < 4.78 is 0. The zero-order valence-electron chi connectivity index (χ0n) is 8.68. The summed E-state index contributed by atoms with van der Waals surface area (Å²) in [6, 6.07) is 2.70. The van der Waals surface area contributed by atoms with Crippen molar-refractivity contribution in [2.45, 2.75) is 52.0 Å². The minimum absolute atomic E-state index is 0. The Morgan fingerprint density at radius 2 is 2.08 bits per heavy atom. The van der Waals surface area contributed by atoms with Gasteiger partial charge in [0.25, 0.3) is 0 Å². The highest BCUT2D eigenvalue weighted by Gasteiger charge is 1.98. The SMILES string of the molecule is CCCCC[C@H](C)NCCC#N.Cl. The number of rotatable bonds is 7. The highest BCUT2D eigenvalue weighted by Crippen LogP contribution is 2.02. The highest BCUT2D eigenvalue weighted by atomic mass is 35.5. The zero-order chi connectivity index (χ0) is 9.23. The standard InChI is InChI=1S/C10H20N2.ClH/c1-3-4-5-7-10(2)12-9-6-8-11;/h10,12H,3-7,9H2,1-2H3;1H/t10-;/m0./s1. The van der Waals surface area contributed by atoms with Gasteiger partial charge in [-0.25, -0.2) is 0 Å². The molecule has 2 nitrogen and oxygen atoms in total. The van der Waals surface area contributed by atoms with Gasteiger partial charge in [0.05, 0.1) is 6.07 Å². The van der Waals surface area contributed by atoms with E-state index in [2.05, 4.69) is 25.2 Å². The fourth-order valence-electron chi connectivity index (χ4n) is 1.18. The minimum Gasteiger partial charge on any atom is -0.313 e. The predicted octanol–water partition coefficient (Wildman–Crippen LogP) is 2.88.